The van der Waals surface area contributed by atoms with Gasteiger partial charge in [-0.2, -0.15) is 0 Å². The molecular weight excluding hydrogens is 148 g/mol. The van der Waals surface area contributed by atoms with Crippen molar-refractivity contribution in [3.05, 3.63) is 12.2 Å². The number of allylic oxidation sites excluding steroid dienone is 2. The molecule has 0 aliphatic carbocycles. The normalized spacial score (nSPS) is 14.1. The third-order valence-electron chi connectivity index (χ3n) is 1.71. The van der Waals surface area contributed by atoms with Gasteiger partial charge in [-0.25, -0.2) is 0 Å². The van der Waals surface area contributed by atoms with Crippen LogP contribution in [0.3, 0.4) is 0 Å². The zero-order chi connectivity index (χ0) is 9.56. The van der Waals surface area contributed by atoms with E-state index >= 15 is 0 Å². The van der Waals surface area contributed by atoms with E-state index in [1.54, 1.807) is 6.92 Å². The van der Waals surface area contributed by atoms with Gasteiger partial charge >= 0.3 is 0 Å². The largest absolute Gasteiger partial charge is 0.300 e. The van der Waals surface area contributed by atoms with Crippen LogP contribution in [-0.2, 0) is 4.79 Å². The lowest BCUT2D eigenvalue weighted by Crippen LogP contribution is -1.96. The molecule has 0 saturated heterocycles. The van der Waals surface area contributed by atoms with Crippen LogP contribution < -0.4 is 0 Å². The maximum absolute atomic E-state index is 10.6. The Labute approximate surface area is 75.9 Å². The molecule has 0 fully saturated rings. The molecular formula is C11H20O. The van der Waals surface area contributed by atoms with Crippen molar-refractivity contribution < 1.29 is 4.79 Å². The first kappa shape index (κ1) is 11.4. The number of hydrogen-bond acceptors (Lipinski definition) is 1. The summed E-state index contributed by atoms with van der Waals surface area (Å²) < 4.78 is 0. The molecule has 0 N–H and O–H groups in total. The van der Waals surface area contributed by atoms with E-state index in [4.69, 9.17) is 0 Å². The van der Waals surface area contributed by atoms with Gasteiger partial charge in [0.25, 0.3) is 0 Å². The van der Waals surface area contributed by atoms with Gasteiger partial charge in [-0.1, -0.05) is 32.9 Å². The van der Waals surface area contributed by atoms with Gasteiger partial charge < -0.3 is 0 Å². The fourth-order valence-corrected chi connectivity index (χ4v) is 1.29. The van der Waals surface area contributed by atoms with Gasteiger partial charge in [-0.05, 0) is 25.2 Å². The zero-order valence-corrected chi connectivity index (χ0v) is 8.63. The molecule has 0 spiro atoms. The van der Waals surface area contributed by atoms with E-state index in [1.807, 2.05) is 6.08 Å². The summed E-state index contributed by atoms with van der Waals surface area (Å²) in [6.45, 7) is 8.25. The molecule has 12 heavy (non-hydrogen) atoms. The predicted octanol–water partition coefficient (Wildman–Crippen LogP) is 3.20. The lowest BCUT2D eigenvalue weighted by atomic mass is 9.98. The van der Waals surface area contributed by atoms with E-state index in [-0.39, 0.29) is 5.78 Å². The predicted molar refractivity (Wildman–Crippen MR) is 53.1 cm³/mol. The van der Waals surface area contributed by atoms with Gasteiger partial charge in [0.2, 0.25) is 0 Å². The maximum atomic E-state index is 10.6. The van der Waals surface area contributed by atoms with Crippen molar-refractivity contribution in [3.63, 3.8) is 0 Å². The highest BCUT2D eigenvalue weighted by Crippen LogP contribution is 2.11. The van der Waals surface area contributed by atoms with E-state index < -0.39 is 0 Å². The third kappa shape index (κ3) is 7.52. The molecule has 0 aliphatic heterocycles. The molecule has 0 rings (SSSR count). The summed E-state index contributed by atoms with van der Waals surface area (Å²) in [7, 11) is 0. The molecule has 0 aliphatic rings. The van der Waals surface area contributed by atoms with E-state index in [1.165, 1.54) is 6.42 Å². The first-order chi connectivity index (χ1) is 5.52. The maximum Gasteiger partial charge on any atom is 0.133 e. The van der Waals surface area contributed by atoms with Gasteiger partial charge in [0.05, 0.1) is 0 Å². The standard InChI is InChI=1S/C11H20O/c1-9(2)8-10(3)6-5-7-11(4)12/h5-6,9-10H,7-8H2,1-4H3/b6-5+/t10-/m1/s1. The van der Waals surface area contributed by atoms with Crippen molar-refractivity contribution in [1.29, 1.82) is 0 Å². The van der Waals surface area contributed by atoms with Crippen LogP contribution in [0, 0.1) is 11.8 Å². The zero-order valence-electron chi connectivity index (χ0n) is 8.63. The van der Waals surface area contributed by atoms with Crippen LogP contribution in [0.25, 0.3) is 0 Å². The van der Waals surface area contributed by atoms with E-state index in [9.17, 15) is 4.79 Å². The molecule has 0 aromatic carbocycles. The lowest BCUT2D eigenvalue weighted by molar-refractivity contribution is -0.116. The number of ketones is 1. The minimum atomic E-state index is 0.239. The molecule has 0 saturated carbocycles. The minimum absolute atomic E-state index is 0.239. The van der Waals surface area contributed by atoms with E-state index in [0.29, 0.717) is 12.3 Å². The monoisotopic (exact) mass is 168 g/mol. The van der Waals surface area contributed by atoms with Crippen molar-refractivity contribution in [1.82, 2.24) is 0 Å². The molecule has 70 valence electrons. The fourth-order valence-electron chi connectivity index (χ4n) is 1.29. The molecule has 0 aromatic heterocycles. The van der Waals surface area contributed by atoms with Crippen molar-refractivity contribution in [2.45, 2.75) is 40.5 Å². The van der Waals surface area contributed by atoms with E-state index in [0.717, 1.165) is 5.92 Å². The van der Waals surface area contributed by atoms with Gasteiger partial charge in [0.15, 0.2) is 0 Å². The van der Waals surface area contributed by atoms with Crippen LogP contribution >= 0.6 is 0 Å². The average molecular weight is 168 g/mol. The number of carbonyl (C=O) groups is 1. The van der Waals surface area contributed by atoms with Gasteiger partial charge in [-0.3, -0.25) is 4.79 Å². The third-order valence-corrected chi connectivity index (χ3v) is 1.71. The van der Waals surface area contributed by atoms with E-state index in [2.05, 4.69) is 26.8 Å². The molecule has 1 heteroatoms. The van der Waals surface area contributed by atoms with Crippen LogP contribution in [0.5, 0.6) is 0 Å². The van der Waals surface area contributed by atoms with Gasteiger partial charge in [0, 0.05) is 6.42 Å². The molecule has 0 unspecified atom stereocenters. The molecule has 0 radical (unpaired) electrons. The Morgan fingerprint density at radius 2 is 1.92 bits per heavy atom. The summed E-state index contributed by atoms with van der Waals surface area (Å²) in [6.07, 6.45) is 5.91. The summed E-state index contributed by atoms with van der Waals surface area (Å²) >= 11 is 0. The number of Topliss-reactive ketones (excluding diaryl/α,β-unsaturated/α-hetero) is 1. The molecule has 1 nitrogen and oxygen atoms in total. The number of rotatable bonds is 5. The first-order valence-corrected chi connectivity index (χ1v) is 4.68. The Morgan fingerprint density at radius 1 is 1.33 bits per heavy atom. The van der Waals surface area contributed by atoms with Crippen molar-refractivity contribution in [2.75, 3.05) is 0 Å². The Balaban J connectivity index is 3.60. The summed E-state index contributed by atoms with van der Waals surface area (Å²) in [6, 6.07) is 0. The number of hydrogen-bond donors (Lipinski definition) is 0. The summed E-state index contributed by atoms with van der Waals surface area (Å²) in [5.41, 5.74) is 0. The van der Waals surface area contributed by atoms with Gasteiger partial charge in [0.1, 0.15) is 5.78 Å². The van der Waals surface area contributed by atoms with Crippen LogP contribution in [0.15, 0.2) is 12.2 Å². The van der Waals surface area contributed by atoms with Crippen LogP contribution in [0.1, 0.15) is 40.5 Å². The Hall–Kier alpha value is -0.590. The highest BCUT2D eigenvalue weighted by Gasteiger charge is 2.00. The fraction of sp³-hybridized carbons (Fsp3) is 0.727. The molecule has 0 amide bonds. The Morgan fingerprint density at radius 3 is 2.33 bits per heavy atom. The van der Waals surface area contributed by atoms with Crippen LogP contribution in [0.2, 0.25) is 0 Å². The van der Waals surface area contributed by atoms with Crippen molar-refractivity contribution in [2.24, 2.45) is 11.8 Å². The highest BCUT2D eigenvalue weighted by molar-refractivity contribution is 5.76. The second-order valence-corrected chi connectivity index (χ2v) is 3.94. The van der Waals surface area contributed by atoms with Crippen LogP contribution in [0.4, 0.5) is 0 Å². The first-order valence-electron chi connectivity index (χ1n) is 4.68. The SMILES string of the molecule is CC(=O)C/C=C/[C@@H](C)CC(C)C. The van der Waals surface area contributed by atoms with Gasteiger partial charge in [-0.15, -0.1) is 0 Å². The second kappa shape index (κ2) is 5.99. The van der Waals surface area contributed by atoms with Crippen molar-refractivity contribution in [3.8, 4) is 0 Å². The molecule has 1 atom stereocenters. The minimum Gasteiger partial charge on any atom is -0.300 e. The lowest BCUT2D eigenvalue weighted by Gasteiger charge is -2.08. The topological polar surface area (TPSA) is 17.1 Å². The smallest absolute Gasteiger partial charge is 0.133 e. The van der Waals surface area contributed by atoms with Crippen LogP contribution in [-0.4, -0.2) is 5.78 Å². The Bertz CT molecular complexity index is 156. The quantitative estimate of drug-likeness (QED) is 0.576. The average Bonchev–Trinajstić information content (AvgIpc) is 1.84. The molecule has 0 heterocycles. The number of carbonyl (C=O) groups excluding carboxylic acids is 1. The highest BCUT2D eigenvalue weighted by atomic mass is 16.1. The summed E-state index contributed by atoms with van der Waals surface area (Å²) in [5.74, 6) is 1.58. The second-order valence-electron chi connectivity index (χ2n) is 3.94. The molecule has 0 bridgehead atoms. The Kier molecular flexibility index (Phi) is 5.69. The summed E-state index contributed by atoms with van der Waals surface area (Å²) in [4.78, 5) is 10.6. The molecule has 0 aromatic rings. The van der Waals surface area contributed by atoms with Crippen molar-refractivity contribution >= 4 is 5.78 Å². The summed E-state index contributed by atoms with van der Waals surface area (Å²) in [5, 5.41) is 0.